The number of benzene rings is 1. The van der Waals surface area contributed by atoms with Crippen LogP contribution in [0.5, 0.6) is 0 Å². The Morgan fingerprint density at radius 3 is 2.73 bits per heavy atom. The van der Waals surface area contributed by atoms with Gasteiger partial charge in [0, 0.05) is 34.3 Å². The second-order valence-corrected chi connectivity index (χ2v) is 7.53. The van der Waals surface area contributed by atoms with Crippen LogP contribution in [-0.4, -0.2) is 15.5 Å². The van der Waals surface area contributed by atoms with Gasteiger partial charge in [-0.25, -0.2) is 13.8 Å². The Bertz CT molecular complexity index is 867. The number of fused-ring (bicyclic) bond motifs is 3. The average molecular weight is 390 g/mol. The zero-order chi connectivity index (χ0) is 15.7. The molecule has 1 aliphatic heterocycles. The predicted molar refractivity (Wildman–Crippen MR) is 83.8 cm³/mol. The lowest BCUT2D eigenvalue weighted by Gasteiger charge is -2.22. The fourth-order valence-corrected chi connectivity index (χ4v) is 4.70. The monoisotopic (exact) mass is 388 g/mol. The Labute approximate surface area is 138 Å². The highest BCUT2D eigenvalue weighted by molar-refractivity contribution is 9.10. The molecule has 1 aliphatic carbocycles. The zero-order valence-corrected chi connectivity index (χ0v) is 13.8. The van der Waals surface area contributed by atoms with Gasteiger partial charge in [-0.15, -0.1) is 0 Å². The molecule has 7 heteroatoms. The number of halogens is 4. The first-order valence-corrected chi connectivity index (χ1v) is 8.26. The lowest BCUT2D eigenvalue weighted by Crippen LogP contribution is -2.28. The van der Waals surface area contributed by atoms with Crippen LogP contribution in [0.1, 0.15) is 31.5 Å². The molecule has 0 bridgehead atoms. The number of hydrogen-bond donors (Lipinski definition) is 0. The summed E-state index contributed by atoms with van der Waals surface area (Å²) in [4.78, 5) is 17.3. The molecule has 0 amide bonds. The van der Waals surface area contributed by atoms with Gasteiger partial charge in [0.1, 0.15) is 5.82 Å². The van der Waals surface area contributed by atoms with E-state index in [1.165, 1.54) is 0 Å². The van der Waals surface area contributed by atoms with Gasteiger partial charge in [0.25, 0.3) is 5.56 Å². The Hall–Kier alpha value is -1.01. The molecular weight excluding hydrogens is 378 g/mol. The molecule has 0 N–H and O–H groups in total. The van der Waals surface area contributed by atoms with Crippen LogP contribution in [0.25, 0.3) is 10.9 Å². The summed E-state index contributed by atoms with van der Waals surface area (Å²) in [6.07, 6.45) is 0.571. The van der Waals surface area contributed by atoms with Crippen molar-refractivity contribution in [2.75, 3.05) is 0 Å². The Kier molecular flexibility index (Phi) is 2.99. The second kappa shape index (κ2) is 4.51. The Balaban J connectivity index is 2.00. The minimum Gasteiger partial charge on any atom is -0.296 e. The van der Waals surface area contributed by atoms with Gasteiger partial charge in [-0.05, 0) is 40.9 Å². The first kappa shape index (κ1) is 14.6. The van der Waals surface area contributed by atoms with Crippen molar-refractivity contribution in [2.24, 2.45) is 0 Å². The van der Waals surface area contributed by atoms with Gasteiger partial charge in [-0.1, -0.05) is 11.6 Å². The summed E-state index contributed by atoms with van der Waals surface area (Å²) in [6.45, 7) is 0.442. The summed E-state index contributed by atoms with van der Waals surface area (Å²) in [5, 5.41) is 0.865. The molecule has 3 nitrogen and oxygen atoms in total. The lowest BCUT2D eigenvalue weighted by molar-refractivity contribution is 0.00242. The molecule has 1 unspecified atom stereocenters. The molecule has 1 atom stereocenters. The van der Waals surface area contributed by atoms with Gasteiger partial charge in [-0.3, -0.25) is 9.36 Å². The quantitative estimate of drug-likeness (QED) is 0.674. The number of hydrogen-bond acceptors (Lipinski definition) is 2. The van der Waals surface area contributed by atoms with Crippen LogP contribution in [0.3, 0.4) is 0 Å². The molecule has 4 rings (SSSR count). The molecule has 0 radical (unpaired) electrons. The third kappa shape index (κ3) is 1.96. The van der Waals surface area contributed by atoms with Gasteiger partial charge in [0.2, 0.25) is 5.92 Å². The fraction of sp³-hybridized carbons (Fsp3) is 0.467. The van der Waals surface area contributed by atoms with E-state index in [-0.39, 0.29) is 18.4 Å². The smallest absolute Gasteiger partial charge is 0.261 e. The molecule has 1 aromatic heterocycles. The summed E-state index contributed by atoms with van der Waals surface area (Å²) >= 11 is 9.37. The lowest BCUT2D eigenvalue weighted by atomic mass is 9.84. The van der Waals surface area contributed by atoms with Crippen molar-refractivity contribution in [3.05, 3.63) is 37.8 Å². The van der Waals surface area contributed by atoms with E-state index in [4.69, 9.17) is 11.6 Å². The van der Waals surface area contributed by atoms with Crippen molar-refractivity contribution in [3.63, 3.8) is 0 Å². The van der Waals surface area contributed by atoms with Crippen LogP contribution in [0.15, 0.2) is 21.4 Å². The van der Waals surface area contributed by atoms with E-state index < -0.39 is 11.3 Å². The van der Waals surface area contributed by atoms with Gasteiger partial charge in [0.15, 0.2) is 0 Å². The van der Waals surface area contributed by atoms with Crippen LogP contribution in [0.2, 0.25) is 5.02 Å². The Morgan fingerprint density at radius 1 is 1.27 bits per heavy atom. The predicted octanol–water partition coefficient (Wildman–Crippen LogP) is 4.27. The highest BCUT2D eigenvalue weighted by Gasteiger charge is 2.54. The molecule has 1 saturated carbocycles. The summed E-state index contributed by atoms with van der Waals surface area (Å²) in [6, 6.07) is 3.25. The van der Waals surface area contributed by atoms with E-state index in [0.29, 0.717) is 45.6 Å². The third-order valence-electron chi connectivity index (χ3n) is 4.83. The molecule has 0 saturated heterocycles. The van der Waals surface area contributed by atoms with Crippen LogP contribution in [0, 0.1) is 0 Å². The van der Waals surface area contributed by atoms with Gasteiger partial charge >= 0.3 is 0 Å². The molecule has 1 spiro atoms. The van der Waals surface area contributed by atoms with E-state index in [2.05, 4.69) is 20.9 Å². The molecule has 2 aliphatic rings. The van der Waals surface area contributed by atoms with Gasteiger partial charge in [-0.2, -0.15) is 0 Å². The maximum Gasteiger partial charge on any atom is 0.261 e. The van der Waals surface area contributed by atoms with Crippen molar-refractivity contribution in [1.82, 2.24) is 9.55 Å². The first-order chi connectivity index (χ1) is 10.3. The minimum absolute atomic E-state index is 0.136. The zero-order valence-electron chi connectivity index (χ0n) is 11.5. The molecule has 2 heterocycles. The third-order valence-corrected chi connectivity index (χ3v) is 5.65. The van der Waals surface area contributed by atoms with E-state index in [1.807, 2.05) is 0 Å². The van der Waals surface area contributed by atoms with Crippen LogP contribution in [-0.2, 0) is 12.0 Å². The molecule has 22 heavy (non-hydrogen) atoms. The number of rotatable bonds is 0. The maximum atomic E-state index is 13.7. The summed E-state index contributed by atoms with van der Waals surface area (Å²) < 4.78 is 29.6. The molecule has 1 fully saturated rings. The summed E-state index contributed by atoms with van der Waals surface area (Å²) in [5.74, 6) is -2.16. The van der Waals surface area contributed by atoms with Gasteiger partial charge < -0.3 is 0 Å². The molecule has 2 aromatic rings. The van der Waals surface area contributed by atoms with E-state index in [0.717, 1.165) is 0 Å². The normalized spacial score (nSPS) is 26.0. The molecule has 1 aromatic carbocycles. The average Bonchev–Trinajstić information content (AvgIpc) is 2.93. The summed E-state index contributed by atoms with van der Waals surface area (Å²) in [7, 11) is 0. The highest BCUT2D eigenvalue weighted by Crippen LogP contribution is 2.52. The van der Waals surface area contributed by atoms with Crippen LogP contribution < -0.4 is 5.56 Å². The van der Waals surface area contributed by atoms with E-state index in [9.17, 15) is 13.6 Å². The number of aromatic nitrogens is 2. The second-order valence-electron chi connectivity index (χ2n) is 6.24. The van der Waals surface area contributed by atoms with Gasteiger partial charge in [0.05, 0.1) is 10.9 Å². The van der Waals surface area contributed by atoms with Crippen LogP contribution in [0.4, 0.5) is 8.78 Å². The molecule has 116 valence electrons. The maximum absolute atomic E-state index is 13.7. The van der Waals surface area contributed by atoms with Crippen molar-refractivity contribution < 1.29 is 8.78 Å². The van der Waals surface area contributed by atoms with E-state index in [1.54, 1.807) is 16.7 Å². The van der Waals surface area contributed by atoms with Crippen molar-refractivity contribution in [3.8, 4) is 0 Å². The Morgan fingerprint density at radius 2 is 2.05 bits per heavy atom. The van der Waals surface area contributed by atoms with Crippen molar-refractivity contribution in [1.29, 1.82) is 0 Å². The number of alkyl halides is 2. The topological polar surface area (TPSA) is 34.9 Å². The van der Waals surface area contributed by atoms with Crippen molar-refractivity contribution in [2.45, 2.75) is 43.6 Å². The van der Waals surface area contributed by atoms with Crippen LogP contribution >= 0.6 is 27.5 Å². The molecular formula is C15H12BrClF2N2O. The minimum atomic E-state index is -2.67. The fourth-order valence-electron chi connectivity index (χ4n) is 3.80. The largest absolute Gasteiger partial charge is 0.296 e. The summed E-state index contributed by atoms with van der Waals surface area (Å²) in [5.41, 5.74) is -0.372. The first-order valence-electron chi connectivity index (χ1n) is 7.09. The standard InChI is InChI=1S/C15H12BrClF2N2O/c16-10-6-8(17)5-9-11(10)20-13-14(1-2-15(18,19)7-14)3-4-21(13)12(9)22/h5-6H,1-4,7H2. The number of nitrogens with zero attached hydrogens (tertiary/aromatic N) is 2. The van der Waals surface area contributed by atoms with Crippen molar-refractivity contribution >= 4 is 38.4 Å². The van der Waals surface area contributed by atoms with E-state index >= 15 is 0 Å². The SMILES string of the molecule is O=c1c2cc(Cl)cc(Br)c2nc2n1CCC21CCC(F)(F)C1. The highest BCUT2D eigenvalue weighted by atomic mass is 79.9.